The van der Waals surface area contributed by atoms with Crippen LogP contribution in [0.4, 0.5) is 8.78 Å². The van der Waals surface area contributed by atoms with Gasteiger partial charge in [-0.25, -0.2) is 23.7 Å². The van der Waals surface area contributed by atoms with E-state index in [9.17, 15) is 14.0 Å². The molecule has 4 heterocycles. The van der Waals surface area contributed by atoms with E-state index in [1.165, 1.54) is 12.1 Å². The van der Waals surface area contributed by atoms with Gasteiger partial charge in [-0.05, 0) is 50.8 Å². The van der Waals surface area contributed by atoms with Crippen molar-refractivity contribution in [1.82, 2.24) is 24.7 Å². The van der Waals surface area contributed by atoms with Crippen molar-refractivity contribution in [3.63, 3.8) is 0 Å². The Balaban J connectivity index is 1.43. The first kappa shape index (κ1) is 22.7. The fourth-order valence-electron chi connectivity index (χ4n) is 4.88. The number of aryl methyl sites for hydroxylation is 1. The average Bonchev–Trinajstić information content (AvgIpc) is 3.60. The number of ether oxygens (including phenoxy) is 1. The third-order valence-corrected chi connectivity index (χ3v) is 6.99. The van der Waals surface area contributed by atoms with E-state index in [4.69, 9.17) is 14.7 Å². The van der Waals surface area contributed by atoms with E-state index in [-0.39, 0.29) is 24.0 Å². The second kappa shape index (κ2) is 9.03. The van der Waals surface area contributed by atoms with E-state index >= 15 is 0 Å². The molecule has 7 nitrogen and oxygen atoms in total. The lowest BCUT2D eigenvalue weighted by atomic mass is 9.89. The Labute approximate surface area is 206 Å². The van der Waals surface area contributed by atoms with Gasteiger partial charge in [0.25, 0.3) is 0 Å². The smallest absolute Gasteiger partial charge is 0.135 e. The first-order chi connectivity index (χ1) is 17.5. The number of pyridine rings is 1. The molecule has 9 heteroatoms. The maximum absolute atomic E-state index is 14.9. The second-order valence-corrected chi connectivity index (χ2v) is 9.54. The van der Waals surface area contributed by atoms with Crippen LogP contribution in [0.5, 0.6) is 0 Å². The summed E-state index contributed by atoms with van der Waals surface area (Å²) < 4.78 is 36.7. The van der Waals surface area contributed by atoms with Crippen molar-refractivity contribution < 1.29 is 13.5 Å². The van der Waals surface area contributed by atoms with Gasteiger partial charge < -0.3 is 4.74 Å². The molecule has 0 radical (unpaired) electrons. The molecule has 1 aliphatic heterocycles. The fourth-order valence-corrected chi connectivity index (χ4v) is 4.88. The van der Waals surface area contributed by atoms with Gasteiger partial charge in [0.1, 0.15) is 22.8 Å². The molecule has 36 heavy (non-hydrogen) atoms. The Kier molecular flexibility index (Phi) is 5.69. The van der Waals surface area contributed by atoms with Crippen LogP contribution in [-0.4, -0.2) is 31.3 Å². The SMILES string of the molecule is Cc1nc2cc([C@H]3CCO[C@H](c4cnn(C5CC5)c4)C3)nc(-c3ccc(F)cc3F)c2nc1CC#N. The molecule has 2 aliphatic rings. The van der Waals surface area contributed by atoms with Crippen LogP contribution in [-0.2, 0) is 11.2 Å². The van der Waals surface area contributed by atoms with Crippen LogP contribution in [0, 0.1) is 29.9 Å². The standard InChI is InChI=1S/C27H24F2N6O/c1-15-22(6-8-30)33-27-24(32-15)12-23(34-26(27)20-5-2-18(28)11-21(20)29)16-7-9-36-25(10-16)17-13-31-35(14-17)19-3-4-19/h2,5,11-14,16,19,25H,3-4,6-7,9-10H2,1H3/t16-,25-/m0/s1. The molecule has 1 aliphatic carbocycles. The zero-order valence-corrected chi connectivity index (χ0v) is 19.8. The number of nitrogens with zero attached hydrogens (tertiary/aromatic N) is 6. The van der Waals surface area contributed by atoms with Crippen molar-refractivity contribution in [2.45, 2.75) is 57.1 Å². The monoisotopic (exact) mass is 486 g/mol. The number of aromatic nitrogens is 5. The van der Waals surface area contributed by atoms with E-state index in [0.717, 1.165) is 36.6 Å². The third kappa shape index (κ3) is 4.22. The minimum Gasteiger partial charge on any atom is -0.373 e. The molecule has 6 rings (SSSR count). The molecule has 2 fully saturated rings. The van der Waals surface area contributed by atoms with E-state index in [1.807, 2.05) is 16.9 Å². The Morgan fingerprint density at radius 2 is 2.00 bits per heavy atom. The van der Waals surface area contributed by atoms with Crippen LogP contribution in [0.15, 0.2) is 36.7 Å². The van der Waals surface area contributed by atoms with E-state index in [0.29, 0.717) is 47.2 Å². The first-order valence-electron chi connectivity index (χ1n) is 12.2. The van der Waals surface area contributed by atoms with Gasteiger partial charge in [-0.2, -0.15) is 10.4 Å². The van der Waals surface area contributed by atoms with Crippen LogP contribution < -0.4 is 0 Å². The Bertz CT molecular complexity index is 1510. The first-order valence-corrected chi connectivity index (χ1v) is 12.2. The highest BCUT2D eigenvalue weighted by Gasteiger charge is 2.30. The number of nitriles is 1. The molecular formula is C27H24F2N6O. The molecule has 4 aromatic rings. The molecule has 2 atom stereocenters. The number of fused-ring (bicyclic) bond motifs is 1. The minimum absolute atomic E-state index is 0.0561. The van der Waals surface area contributed by atoms with Crippen molar-refractivity contribution in [1.29, 1.82) is 5.26 Å². The van der Waals surface area contributed by atoms with Gasteiger partial charge in [0.15, 0.2) is 0 Å². The number of rotatable bonds is 5. The average molecular weight is 487 g/mol. The van der Waals surface area contributed by atoms with Crippen LogP contribution in [0.3, 0.4) is 0 Å². The molecule has 0 unspecified atom stereocenters. The van der Waals surface area contributed by atoms with Crippen LogP contribution >= 0.6 is 0 Å². The molecule has 182 valence electrons. The lowest BCUT2D eigenvalue weighted by molar-refractivity contribution is 0.00462. The highest BCUT2D eigenvalue weighted by molar-refractivity contribution is 5.89. The van der Waals surface area contributed by atoms with Crippen molar-refractivity contribution in [3.05, 3.63) is 70.9 Å². The Hall–Kier alpha value is -3.77. The Morgan fingerprint density at radius 1 is 1.14 bits per heavy atom. The molecular weight excluding hydrogens is 462 g/mol. The molecule has 3 aromatic heterocycles. The molecule has 0 spiro atoms. The highest BCUT2D eigenvalue weighted by Crippen LogP contribution is 2.40. The molecule has 0 N–H and O–H groups in total. The van der Waals surface area contributed by atoms with Crippen molar-refractivity contribution >= 4 is 11.0 Å². The third-order valence-electron chi connectivity index (χ3n) is 6.99. The molecule has 1 saturated heterocycles. The van der Waals surface area contributed by atoms with Crippen LogP contribution in [0.2, 0.25) is 0 Å². The minimum atomic E-state index is -0.720. The predicted octanol–water partition coefficient (Wildman–Crippen LogP) is 5.51. The van der Waals surface area contributed by atoms with Gasteiger partial charge in [-0.1, -0.05) is 0 Å². The molecule has 0 amide bonds. The summed E-state index contributed by atoms with van der Waals surface area (Å²) in [5.41, 5.74) is 4.40. The quantitative estimate of drug-likeness (QED) is 0.369. The van der Waals surface area contributed by atoms with E-state index in [1.54, 1.807) is 6.92 Å². The maximum Gasteiger partial charge on any atom is 0.135 e. The topological polar surface area (TPSA) is 89.5 Å². The second-order valence-electron chi connectivity index (χ2n) is 9.54. The zero-order chi connectivity index (χ0) is 24.8. The van der Waals surface area contributed by atoms with E-state index in [2.05, 4.69) is 22.3 Å². The maximum atomic E-state index is 14.9. The summed E-state index contributed by atoms with van der Waals surface area (Å²) in [6.07, 6.45) is 7.72. The summed E-state index contributed by atoms with van der Waals surface area (Å²) in [7, 11) is 0. The summed E-state index contributed by atoms with van der Waals surface area (Å²) >= 11 is 0. The summed E-state index contributed by atoms with van der Waals surface area (Å²) in [6.45, 7) is 2.37. The summed E-state index contributed by atoms with van der Waals surface area (Å²) in [4.78, 5) is 14.2. The zero-order valence-electron chi connectivity index (χ0n) is 19.8. The number of benzene rings is 1. The van der Waals surface area contributed by atoms with Crippen molar-refractivity contribution in [3.8, 4) is 17.3 Å². The molecule has 1 aromatic carbocycles. The normalized spacial score (nSPS) is 19.9. The molecule has 1 saturated carbocycles. The van der Waals surface area contributed by atoms with Crippen molar-refractivity contribution in [2.75, 3.05) is 6.61 Å². The van der Waals surface area contributed by atoms with Gasteiger partial charge in [-0.15, -0.1) is 0 Å². The lowest BCUT2D eigenvalue weighted by Crippen LogP contribution is -2.19. The number of halogens is 2. The summed E-state index contributed by atoms with van der Waals surface area (Å²) in [5, 5.41) is 13.7. The fraction of sp³-hybridized carbons (Fsp3) is 0.370. The lowest BCUT2D eigenvalue weighted by Gasteiger charge is -2.29. The predicted molar refractivity (Wildman–Crippen MR) is 128 cm³/mol. The molecule has 0 bridgehead atoms. The van der Waals surface area contributed by atoms with Gasteiger partial charge in [-0.3, -0.25) is 4.68 Å². The van der Waals surface area contributed by atoms with Gasteiger partial charge in [0.05, 0.1) is 47.7 Å². The van der Waals surface area contributed by atoms with Crippen molar-refractivity contribution in [2.24, 2.45) is 0 Å². The van der Waals surface area contributed by atoms with Crippen LogP contribution in [0.25, 0.3) is 22.3 Å². The number of hydrogen-bond acceptors (Lipinski definition) is 6. The van der Waals surface area contributed by atoms with Crippen LogP contribution in [0.1, 0.15) is 66.4 Å². The number of hydrogen-bond donors (Lipinski definition) is 0. The summed E-state index contributed by atoms with van der Waals surface area (Å²) in [5.74, 6) is -1.33. The van der Waals surface area contributed by atoms with Gasteiger partial charge >= 0.3 is 0 Å². The van der Waals surface area contributed by atoms with Gasteiger partial charge in [0, 0.05) is 41.6 Å². The largest absolute Gasteiger partial charge is 0.373 e. The van der Waals surface area contributed by atoms with E-state index < -0.39 is 11.6 Å². The Morgan fingerprint density at radius 3 is 2.78 bits per heavy atom. The highest BCUT2D eigenvalue weighted by atomic mass is 19.1. The summed E-state index contributed by atoms with van der Waals surface area (Å²) in [6, 6.07) is 7.92. The van der Waals surface area contributed by atoms with Gasteiger partial charge in [0.2, 0.25) is 0 Å².